The van der Waals surface area contributed by atoms with Crippen molar-refractivity contribution in [1.29, 1.82) is 0 Å². The first-order valence-electron chi connectivity index (χ1n) is 5.35. The van der Waals surface area contributed by atoms with Gasteiger partial charge in [-0.05, 0) is 45.6 Å². The molecular formula is C13H11BrO3S. The molecule has 2 aromatic rings. The van der Waals surface area contributed by atoms with E-state index in [1.807, 2.05) is 11.4 Å². The van der Waals surface area contributed by atoms with E-state index in [4.69, 9.17) is 9.84 Å². The predicted octanol–water partition coefficient (Wildman–Crippen LogP) is 3.83. The normalized spacial score (nSPS) is 10.3. The molecule has 0 fully saturated rings. The Morgan fingerprint density at radius 2 is 2.22 bits per heavy atom. The lowest BCUT2D eigenvalue weighted by Crippen LogP contribution is -2.02. The van der Waals surface area contributed by atoms with Gasteiger partial charge in [0.1, 0.15) is 5.75 Å². The van der Waals surface area contributed by atoms with Gasteiger partial charge in [0.25, 0.3) is 0 Å². The fourth-order valence-electron chi connectivity index (χ4n) is 1.48. The molecule has 0 amide bonds. The van der Waals surface area contributed by atoms with Crippen LogP contribution in [-0.2, 0) is 6.42 Å². The number of hydrogen-bond donors (Lipinski definition) is 1. The second-order valence-corrected chi connectivity index (χ2v) is 5.51. The molecule has 1 aromatic heterocycles. The Bertz CT molecular complexity index is 537. The van der Waals surface area contributed by atoms with E-state index >= 15 is 0 Å². The van der Waals surface area contributed by atoms with E-state index in [0.29, 0.717) is 16.8 Å². The Balaban J connectivity index is 1.94. The minimum Gasteiger partial charge on any atom is -0.493 e. The van der Waals surface area contributed by atoms with Crippen LogP contribution in [0.4, 0.5) is 0 Å². The number of halogens is 1. The second kappa shape index (κ2) is 6.02. The largest absolute Gasteiger partial charge is 0.493 e. The van der Waals surface area contributed by atoms with E-state index in [1.54, 1.807) is 23.5 Å². The van der Waals surface area contributed by atoms with Crippen LogP contribution >= 0.6 is 27.3 Å². The summed E-state index contributed by atoms with van der Waals surface area (Å²) in [6.45, 7) is 0.583. The zero-order valence-corrected chi connectivity index (χ0v) is 11.8. The standard InChI is InChI=1S/C13H11BrO3S/c14-12-8-9(3-4-11(12)13(15)16)17-6-5-10-2-1-7-18-10/h1-4,7-8H,5-6H2,(H,15,16). The lowest BCUT2D eigenvalue weighted by molar-refractivity contribution is 0.0696. The van der Waals surface area contributed by atoms with Crippen molar-refractivity contribution in [2.45, 2.75) is 6.42 Å². The molecular weight excluding hydrogens is 316 g/mol. The Kier molecular flexibility index (Phi) is 4.38. The molecule has 1 aromatic carbocycles. The van der Waals surface area contributed by atoms with Crippen LogP contribution in [0.15, 0.2) is 40.2 Å². The first-order valence-corrected chi connectivity index (χ1v) is 7.02. The van der Waals surface area contributed by atoms with Crippen molar-refractivity contribution in [1.82, 2.24) is 0 Å². The Labute approximate surface area is 117 Å². The SMILES string of the molecule is O=C(O)c1ccc(OCCc2cccs2)cc1Br. The topological polar surface area (TPSA) is 46.5 Å². The molecule has 0 unspecified atom stereocenters. The Hall–Kier alpha value is -1.33. The first kappa shape index (κ1) is 13.1. The van der Waals surface area contributed by atoms with E-state index in [0.717, 1.165) is 6.42 Å². The van der Waals surface area contributed by atoms with E-state index in [1.165, 1.54) is 10.9 Å². The summed E-state index contributed by atoms with van der Waals surface area (Å²) < 4.78 is 6.11. The molecule has 1 heterocycles. The van der Waals surface area contributed by atoms with Gasteiger partial charge < -0.3 is 9.84 Å². The zero-order chi connectivity index (χ0) is 13.0. The number of thiophene rings is 1. The summed E-state index contributed by atoms with van der Waals surface area (Å²) >= 11 is 4.92. The highest BCUT2D eigenvalue weighted by molar-refractivity contribution is 9.10. The molecule has 5 heteroatoms. The van der Waals surface area contributed by atoms with Crippen LogP contribution in [0.2, 0.25) is 0 Å². The van der Waals surface area contributed by atoms with Crippen LogP contribution < -0.4 is 4.74 Å². The first-order chi connectivity index (χ1) is 8.66. The average Bonchev–Trinajstić information content (AvgIpc) is 2.81. The zero-order valence-electron chi connectivity index (χ0n) is 9.43. The van der Waals surface area contributed by atoms with Gasteiger partial charge in [0, 0.05) is 15.8 Å². The molecule has 0 atom stereocenters. The third kappa shape index (κ3) is 3.34. The average molecular weight is 327 g/mol. The number of aromatic carboxylic acids is 1. The van der Waals surface area contributed by atoms with Gasteiger partial charge in [-0.15, -0.1) is 11.3 Å². The number of carbonyl (C=O) groups is 1. The molecule has 1 N–H and O–H groups in total. The summed E-state index contributed by atoms with van der Waals surface area (Å²) in [5.74, 6) is -0.282. The number of ether oxygens (including phenoxy) is 1. The highest BCUT2D eigenvalue weighted by Crippen LogP contribution is 2.23. The molecule has 0 bridgehead atoms. The van der Waals surface area contributed by atoms with E-state index < -0.39 is 5.97 Å². The maximum atomic E-state index is 10.8. The summed E-state index contributed by atoms with van der Waals surface area (Å²) in [4.78, 5) is 12.1. The van der Waals surface area contributed by atoms with Crippen LogP contribution in [0.5, 0.6) is 5.75 Å². The fraction of sp³-hybridized carbons (Fsp3) is 0.154. The van der Waals surface area contributed by atoms with Crippen LogP contribution in [0, 0.1) is 0 Å². The van der Waals surface area contributed by atoms with Crippen molar-refractivity contribution in [2.75, 3.05) is 6.61 Å². The van der Waals surface area contributed by atoms with Gasteiger partial charge in [-0.25, -0.2) is 4.79 Å². The Morgan fingerprint density at radius 3 is 2.83 bits per heavy atom. The molecule has 0 saturated carbocycles. The van der Waals surface area contributed by atoms with Crippen LogP contribution in [-0.4, -0.2) is 17.7 Å². The summed E-state index contributed by atoms with van der Waals surface area (Å²) in [6, 6.07) is 8.96. The van der Waals surface area contributed by atoms with Gasteiger partial charge in [0.15, 0.2) is 0 Å². The maximum Gasteiger partial charge on any atom is 0.336 e. The van der Waals surface area contributed by atoms with Crippen molar-refractivity contribution in [3.05, 3.63) is 50.6 Å². The van der Waals surface area contributed by atoms with Crippen LogP contribution in [0.25, 0.3) is 0 Å². The molecule has 0 radical (unpaired) electrons. The monoisotopic (exact) mass is 326 g/mol. The van der Waals surface area contributed by atoms with E-state index in [9.17, 15) is 4.79 Å². The van der Waals surface area contributed by atoms with Crippen LogP contribution in [0.1, 0.15) is 15.2 Å². The van der Waals surface area contributed by atoms with Crippen molar-refractivity contribution in [3.63, 3.8) is 0 Å². The van der Waals surface area contributed by atoms with Crippen LogP contribution in [0.3, 0.4) is 0 Å². The van der Waals surface area contributed by atoms with Gasteiger partial charge in [-0.1, -0.05) is 6.07 Å². The number of carboxylic acids is 1. The minimum absolute atomic E-state index is 0.237. The van der Waals surface area contributed by atoms with Gasteiger partial charge in [0.05, 0.1) is 12.2 Å². The number of benzene rings is 1. The Morgan fingerprint density at radius 1 is 1.39 bits per heavy atom. The molecule has 2 rings (SSSR count). The van der Waals surface area contributed by atoms with Gasteiger partial charge in [0.2, 0.25) is 0 Å². The summed E-state index contributed by atoms with van der Waals surface area (Å²) in [5, 5.41) is 10.9. The molecule has 0 saturated heterocycles. The lowest BCUT2D eigenvalue weighted by atomic mass is 10.2. The number of rotatable bonds is 5. The van der Waals surface area contributed by atoms with Crippen molar-refractivity contribution in [2.24, 2.45) is 0 Å². The molecule has 94 valence electrons. The molecule has 0 aliphatic heterocycles. The van der Waals surface area contributed by atoms with Crippen molar-refractivity contribution < 1.29 is 14.6 Å². The number of carboxylic acid groups (broad SMARTS) is 1. The van der Waals surface area contributed by atoms with Crippen molar-refractivity contribution >= 4 is 33.2 Å². The summed E-state index contributed by atoms with van der Waals surface area (Å²) in [6.07, 6.45) is 0.857. The van der Waals surface area contributed by atoms with Gasteiger partial charge >= 0.3 is 5.97 Å². The van der Waals surface area contributed by atoms with E-state index in [2.05, 4.69) is 22.0 Å². The predicted molar refractivity (Wildman–Crippen MR) is 74.6 cm³/mol. The molecule has 0 aliphatic carbocycles. The maximum absolute atomic E-state index is 10.8. The number of hydrogen-bond acceptors (Lipinski definition) is 3. The third-order valence-electron chi connectivity index (χ3n) is 2.37. The third-order valence-corrected chi connectivity index (χ3v) is 3.96. The fourth-order valence-corrected chi connectivity index (χ4v) is 2.70. The highest BCUT2D eigenvalue weighted by atomic mass is 79.9. The quantitative estimate of drug-likeness (QED) is 0.908. The molecule has 3 nitrogen and oxygen atoms in total. The summed E-state index contributed by atoms with van der Waals surface area (Å²) in [7, 11) is 0. The van der Waals surface area contributed by atoms with Gasteiger partial charge in [-0.3, -0.25) is 0 Å². The molecule has 18 heavy (non-hydrogen) atoms. The minimum atomic E-state index is -0.952. The second-order valence-electron chi connectivity index (χ2n) is 3.62. The van der Waals surface area contributed by atoms with E-state index in [-0.39, 0.29) is 5.56 Å². The molecule has 0 spiro atoms. The molecule has 0 aliphatic rings. The lowest BCUT2D eigenvalue weighted by Gasteiger charge is -2.07. The highest BCUT2D eigenvalue weighted by Gasteiger charge is 2.08. The van der Waals surface area contributed by atoms with Gasteiger partial charge in [-0.2, -0.15) is 0 Å². The van der Waals surface area contributed by atoms with Crippen molar-refractivity contribution in [3.8, 4) is 5.75 Å². The summed E-state index contributed by atoms with van der Waals surface area (Å²) in [5.41, 5.74) is 0.237. The smallest absolute Gasteiger partial charge is 0.336 e.